The molecule has 0 N–H and O–H groups in total. The summed E-state index contributed by atoms with van der Waals surface area (Å²) in [6, 6.07) is 64.6. The highest BCUT2D eigenvalue weighted by Gasteiger charge is 2.19. The van der Waals surface area contributed by atoms with Crippen LogP contribution in [-0.2, 0) is 0 Å². The molecule has 0 saturated heterocycles. The lowest BCUT2D eigenvalue weighted by Crippen LogP contribution is -2.00. The molecule has 11 rings (SSSR count). The van der Waals surface area contributed by atoms with Crippen LogP contribution in [0, 0.1) is 11.3 Å². The molecule has 0 aliphatic carbocycles. The van der Waals surface area contributed by atoms with E-state index in [2.05, 4.69) is 133 Å². The van der Waals surface area contributed by atoms with Gasteiger partial charge >= 0.3 is 0 Å². The summed E-state index contributed by atoms with van der Waals surface area (Å²) in [5.41, 5.74) is 11.5. The Labute approximate surface area is 337 Å². The van der Waals surface area contributed by atoms with Crippen molar-refractivity contribution in [3.8, 4) is 73.6 Å². The predicted molar refractivity (Wildman–Crippen MR) is 237 cm³/mol. The van der Waals surface area contributed by atoms with Crippen LogP contribution in [0.2, 0.25) is 0 Å². The van der Waals surface area contributed by atoms with Crippen LogP contribution in [0.4, 0.5) is 0 Å². The van der Waals surface area contributed by atoms with Gasteiger partial charge in [0.15, 0.2) is 17.5 Å². The van der Waals surface area contributed by atoms with Crippen molar-refractivity contribution in [2.24, 2.45) is 0 Å². The van der Waals surface area contributed by atoms with E-state index in [4.69, 9.17) is 19.4 Å². The summed E-state index contributed by atoms with van der Waals surface area (Å²) in [5, 5.41) is 14.0. The lowest BCUT2D eigenvalue weighted by atomic mass is 9.96. The lowest BCUT2D eigenvalue weighted by molar-refractivity contribution is 0.669. The van der Waals surface area contributed by atoms with Crippen LogP contribution in [0.25, 0.3) is 110 Å². The van der Waals surface area contributed by atoms with Crippen LogP contribution in [0.5, 0.6) is 0 Å². The van der Waals surface area contributed by atoms with Crippen molar-refractivity contribution in [1.82, 2.24) is 15.0 Å². The smallest absolute Gasteiger partial charge is 0.165 e. The number of nitriles is 1. The fourth-order valence-corrected chi connectivity index (χ4v) is 9.15. The van der Waals surface area contributed by atoms with Crippen molar-refractivity contribution in [3.63, 3.8) is 0 Å². The molecule has 0 saturated carbocycles. The topological polar surface area (TPSA) is 75.6 Å². The number of benzene rings is 8. The SMILES string of the molecule is N#Cc1cccc(-c2ccc(-c3nc(-c4ccc5c(c4)oc4cccc(-c6ccc(-c7ccccc7)cc6)c45)nc(-c4cccc5c4sc4ccccc45)n3)cc2)c1. The van der Waals surface area contributed by atoms with E-state index in [0.29, 0.717) is 23.0 Å². The minimum absolute atomic E-state index is 0.558. The van der Waals surface area contributed by atoms with Gasteiger partial charge in [0, 0.05) is 47.6 Å². The number of thiophene rings is 1. The van der Waals surface area contributed by atoms with E-state index in [1.165, 1.54) is 26.6 Å². The maximum atomic E-state index is 9.47. The highest BCUT2D eigenvalue weighted by Crippen LogP contribution is 2.41. The molecule has 0 aliphatic rings. The third kappa shape index (κ3) is 5.81. The van der Waals surface area contributed by atoms with Gasteiger partial charge in [-0.3, -0.25) is 0 Å². The first-order valence-corrected chi connectivity index (χ1v) is 19.9. The molecule has 0 radical (unpaired) electrons. The molecule has 0 spiro atoms. The van der Waals surface area contributed by atoms with Gasteiger partial charge in [-0.15, -0.1) is 11.3 Å². The van der Waals surface area contributed by atoms with E-state index >= 15 is 0 Å². The zero-order valence-electron chi connectivity index (χ0n) is 30.9. The molecule has 3 heterocycles. The fraction of sp³-hybridized carbons (Fsp3) is 0. The number of nitrogens with zero attached hydrogens (tertiary/aromatic N) is 4. The second-order valence-electron chi connectivity index (χ2n) is 14.3. The highest BCUT2D eigenvalue weighted by molar-refractivity contribution is 7.26. The van der Waals surface area contributed by atoms with Crippen molar-refractivity contribution in [2.45, 2.75) is 0 Å². The minimum Gasteiger partial charge on any atom is -0.456 e. The number of furan rings is 1. The van der Waals surface area contributed by atoms with Crippen molar-refractivity contribution in [3.05, 3.63) is 188 Å². The third-order valence-electron chi connectivity index (χ3n) is 10.8. The average molecular weight is 759 g/mol. The van der Waals surface area contributed by atoms with Crippen LogP contribution < -0.4 is 0 Å². The minimum atomic E-state index is 0.558. The first-order chi connectivity index (χ1) is 28.7. The molecule has 58 heavy (non-hydrogen) atoms. The molecule has 270 valence electrons. The van der Waals surface area contributed by atoms with Crippen molar-refractivity contribution in [2.75, 3.05) is 0 Å². The molecule has 5 nitrogen and oxygen atoms in total. The molecule has 11 aromatic rings. The summed E-state index contributed by atoms with van der Waals surface area (Å²) in [6.07, 6.45) is 0. The van der Waals surface area contributed by atoms with E-state index in [-0.39, 0.29) is 0 Å². The zero-order valence-corrected chi connectivity index (χ0v) is 31.7. The van der Waals surface area contributed by atoms with Crippen LogP contribution >= 0.6 is 11.3 Å². The Morgan fingerprint density at radius 3 is 1.84 bits per heavy atom. The zero-order chi connectivity index (χ0) is 38.6. The van der Waals surface area contributed by atoms with Gasteiger partial charge in [0.25, 0.3) is 0 Å². The van der Waals surface area contributed by atoms with Crippen molar-refractivity contribution in [1.29, 1.82) is 5.26 Å². The summed E-state index contributed by atoms with van der Waals surface area (Å²) in [5.74, 6) is 1.73. The molecule has 0 atom stereocenters. The van der Waals surface area contributed by atoms with Gasteiger partial charge in [0.2, 0.25) is 0 Å². The van der Waals surface area contributed by atoms with E-state index < -0.39 is 0 Å². The number of hydrogen-bond donors (Lipinski definition) is 0. The Balaban J connectivity index is 1.04. The average Bonchev–Trinajstić information content (AvgIpc) is 3.88. The largest absolute Gasteiger partial charge is 0.456 e. The monoisotopic (exact) mass is 758 g/mol. The van der Waals surface area contributed by atoms with Gasteiger partial charge in [0.05, 0.1) is 11.6 Å². The van der Waals surface area contributed by atoms with E-state index in [1.807, 2.05) is 54.6 Å². The van der Waals surface area contributed by atoms with Gasteiger partial charge in [0.1, 0.15) is 11.2 Å². The van der Waals surface area contributed by atoms with Gasteiger partial charge in [-0.05, 0) is 75.8 Å². The molecular weight excluding hydrogens is 729 g/mol. The molecule has 0 aliphatic heterocycles. The highest BCUT2D eigenvalue weighted by atomic mass is 32.1. The van der Waals surface area contributed by atoms with E-state index in [0.717, 1.165) is 65.6 Å². The Bertz CT molecular complexity index is 3400. The number of fused-ring (bicyclic) bond motifs is 6. The first-order valence-electron chi connectivity index (χ1n) is 19.1. The van der Waals surface area contributed by atoms with E-state index in [9.17, 15) is 5.26 Å². The lowest BCUT2D eigenvalue weighted by Gasteiger charge is -2.10. The third-order valence-corrected chi connectivity index (χ3v) is 12.0. The van der Waals surface area contributed by atoms with Crippen molar-refractivity contribution < 1.29 is 4.42 Å². The Kier molecular flexibility index (Phi) is 7.99. The second kappa shape index (κ2) is 13.8. The quantitative estimate of drug-likeness (QED) is 0.169. The summed E-state index contributed by atoms with van der Waals surface area (Å²) in [4.78, 5) is 15.4. The van der Waals surface area contributed by atoms with Crippen LogP contribution in [0.3, 0.4) is 0 Å². The van der Waals surface area contributed by atoms with E-state index in [1.54, 1.807) is 11.3 Å². The molecule has 0 unspecified atom stereocenters. The number of aromatic nitrogens is 3. The molecule has 0 fully saturated rings. The summed E-state index contributed by atoms with van der Waals surface area (Å²) in [7, 11) is 0. The van der Waals surface area contributed by atoms with Crippen LogP contribution in [-0.4, -0.2) is 15.0 Å². The first kappa shape index (κ1) is 33.6. The molecular formula is C52H30N4OS. The van der Waals surface area contributed by atoms with Gasteiger partial charge in [-0.2, -0.15) is 5.26 Å². The van der Waals surface area contributed by atoms with Crippen molar-refractivity contribution >= 4 is 53.4 Å². The molecule has 0 amide bonds. The van der Waals surface area contributed by atoms with Gasteiger partial charge in [-0.25, -0.2) is 15.0 Å². The van der Waals surface area contributed by atoms with Gasteiger partial charge < -0.3 is 4.42 Å². The summed E-state index contributed by atoms with van der Waals surface area (Å²) in [6.45, 7) is 0. The maximum Gasteiger partial charge on any atom is 0.165 e. The standard InChI is InChI=1S/C52H30N4OS/c53-31-32-9-6-12-38(29-32)35-21-25-37(26-22-35)50-54-51(56-52(55-50)44-16-7-15-42-41-13-4-5-18-47(41)58-49(42)44)39-27-28-43-46(30-39)57-45-17-8-14-40(48(43)45)36-23-19-34(20-24-36)33-10-2-1-3-11-33/h1-30H. The summed E-state index contributed by atoms with van der Waals surface area (Å²) < 4.78 is 8.93. The Hall–Kier alpha value is -7.72. The predicted octanol–water partition coefficient (Wildman–Crippen LogP) is 14.0. The fourth-order valence-electron chi connectivity index (χ4n) is 7.94. The molecule has 3 aromatic heterocycles. The van der Waals surface area contributed by atoms with Crippen LogP contribution in [0.1, 0.15) is 5.56 Å². The van der Waals surface area contributed by atoms with Crippen LogP contribution in [0.15, 0.2) is 186 Å². The summed E-state index contributed by atoms with van der Waals surface area (Å²) >= 11 is 1.75. The molecule has 8 aromatic carbocycles. The molecule has 6 heteroatoms. The number of hydrogen-bond acceptors (Lipinski definition) is 6. The normalized spacial score (nSPS) is 11.4. The maximum absolute atomic E-state index is 9.47. The second-order valence-corrected chi connectivity index (χ2v) is 15.3. The number of rotatable bonds is 6. The Morgan fingerprint density at radius 2 is 1.02 bits per heavy atom. The molecule has 0 bridgehead atoms. The Morgan fingerprint density at radius 1 is 0.414 bits per heavy atom. The van der Waals surface area contributed by atoms with Gasteiger partial charge in [-0.1, -0.05) is 140 Å².